The van der Waals surface area contributed by atoms with Crippen LogP contribution in [0.2, 0.25) is 0 Å². The van der Waals surface area contributed by atoms with Crippen LogP contribution < -0.4 is 0 Å². The number of benzene rings is 4. The summed E-state index contributed by atoms with van der Waals surface area (Å²) in [6.45, 7) is 2.30. The summed E-state index contributed by atoms with van der Waals surface area (Å²) in [5.41, 5.74) is 5.85. The number of hydrogen-bond acceptors (Lipinski definition) is 0. The van der Waals surface area contributed by atoms with E-state index in [1.807, 2.05) is 0 Å². The fraction of sp³-hybridized carbons (Fsp3) is 0.130. The van der Waals surface area contributed by atoms with E-state index < -0.39 is 0 Å². The molecule has 0 heterocycles. The van der Waals surface area contributed by atoms with Crippen LogP contribution in [0.25, 0.3) is 32.7 Å². The molecule has 110 valence electrons. The summed E-state index contributed by atoms with van der Waals surface area (Å²) in [6.07, 6.45) is 1.15. The average Bonchev–Trinajstić information content (AvgIpc) is 2.89. The molecule has 0 radical (unpaired) electrons. The van der Waals surface area contributed by atoms with Crippen molar-refractivity contribution in [2.45, 2.75) is 19.3 Å². The second-order valence-electron chi connectivity index (χ2n) is 6.53. The van der Waals surface area contributed by atoms with E-state index >= 15 is 0 Å². The van der Waals surface area contributed by atoms with Gasteiger partial charge in [0.25, 0.3) is 0 Å². The molecule has 0 nitrogen and oxygen atoms in total. The van der Waals surface area contributed by atoms with Crippen LogP contribution in [0.15, 0.2) is 72.8 Å². The van der Waals surface area contributed by atoms with Gasteiger partial charge in [0.1, 0.15) is 0 Å². The van der Waals surface area contributed by atoms with Gasteiger partial charge in [-0.25, -0.2) is 0 Å². The molecule has 0 N–H and O–H groups in total. The van der Waals surface area contributed by atoms with Crippen LogP contribution in [0.5, 0.6) is 0 Å². The maximum absolute atomic E-state index is 2.41. The summed E-state index contributed by atoms with van der Waals surface area (Å²) in [4.78, 5) is 0. The fourth-order valence-corrected chi connectivity index (χ4v) is 4.17. The van der Waals surface area contributed by atoms with Gasteiger partial charge in [-0.05, 0) is 74.5 Å². The predicted molar refractivity (Wildman–Crippen MR) is 99.0 cm³/mol. The van der Waals surface area contributed by atoms with Crippen molar-refractivity contribution in [3.05, 3.63) is 83.9 Å². The zero-order valence-corrected chi connectivity index (χ0v) is 13.2. The Kier molecular flexibility index (Phi) is 2.63. The smallest absolute Gasteiger partial charge is 0.00994 e. The van der Waals surface area contributed by atoms with Crippen LogP contribution in [0.4, 0.5) is 0 Å². The monoisotopic (exact) mass is 294 g/mol. The number of fused-ring (bicyclic) bond motifs is 5. The first kappa shape index (κ1) is 12.9. The first-order valence-electron chi connectivity index (χ1n) is 8.41. The van der Waals surface area contributed by atoms with Crippen molar-refractivity contribution in [3.63, 3.8) is 0 Å². The van der Waals surface area contributed by atoms with Gasteiger partial charge in [-0.15, -0.1) is 0 Å². The summed E-state index contributed by atoms with van der Waals surface area (Å²) in [5.74, 6) is 0.522. The predicted octanol–water partition coefficient (Wildman–Crippen LogP) is 6.52. The van der Waals surface area contributed by atoms with Crippen LogP contribution in [0.3, 0.4) is 0 Å². The lowest BCUT2D eigenvalue weighted by Crippen LogP contribution is -1.94. The first-order chi connectivity index (χ1) is 11.3. The Labute approximate surface area is 136 Å². The van der Waals surface area contributed by atoms with Gasteiger partial charge < -0.3 is 0 Å². The van der Waals surface area contributed by atoms with Crippen LogP contribution >= 0.6 is 0 Å². The van der Waals surface area contributed by atoms with Gasteiger partial charge in [0.05, 0.1) is 0 Å². The minimum absolute atomic E-state index is 0.522. The van der Waals surface area contributed by atoms with Crippen LogP contribution in [-0.4, -0.2) is 0 Å². The second kappa shape index (κ2) is 4.70. The maximum atomic E-state index is 2.41. The van der Waals surface area contributed by atoms with Gasteiger partial charge in [-0.3, -0.25) is 0 Å². The average molecular weight is 294 g/mol. The topological polar surface area (TPSA) is 0 Å². The molecular weight excluding hydrogens is 276 g/mol. The quantitative estimate of drug-likeness (QED) is 0.375. The largest absolute Gasteiger partial charge is 0.0645 e. The van der Waals surface area contributed by atoms with Gasteiger partial charge in [0, 0.05) is 5.92 Å². The number of hydrogen-bond donors (Lipinski definition) is 0. The molecular formula is C23H18. The molecule has 0 saturated carbocycles. The van der Waals surface area contributed by atoms with Gasteiger partial charge in [0.15, 0.2) is 0 Å². The van der Waals surface area contributed by atoms with Crippen molar-refractivity contribution >= 4 is 21.5 Å². The Morgan fingerprint density at radius 3 is 1.39 bits per heavy atom. The highest BCUT2D eigenvalue weighted by molar-refractivity contribution is 5.97. The summed E-state index contributed by atoms with van der Waals surface area (Å²) >= 11 is 0. The van der Waals surface area contributed by atoms with Gasteiger partial charge in [0.2, 0.25) is 0 Å². The van der Waals surface area contributed by atoms with Gasteiger partial charge in [-0.2, -0.15) is 0 Å². The molecule has 1 aliphatic carbocycles. The van der Waals surface area contributed by atoms with E-state index in [1.165, 1.54) is 43.8 Å². The molecule has 0 saturated heterocycles. The third-order valence-corrected chi connectivity index (χ3v) is 5.28. The second-order valence-corrected chi connectivity index (χ2v) is 6.53. The SMILES string of the molecule is CCC1c2cc3ccccc3cc2-c2cc3ccccc3cc21. The Morgan fingerprint density at radius 2 is 1.00 bits per heavy atom. The van der Waals surface area contributed by atoms with E-state index in [2.05, 4.69) is 79.7 Å². The Morgan fingerprint density at radius 1 is 0.609 bits per heavy atom. The highest BCUT2D eigenvalue weighted by Gasteiger charge is 2.28. The highest BCUT2D eigenvalue weighted by atomic mass is 14.3. The Balaban J connectivity index is 1.88. The standard InChI is InChI=1S/C23H18/c1-2-19-20-11-15-7-3-5-9-17(15)13-22(20)23-14-18-10-6-4-8-16(18)12-21(19)23/h3-14,19H,2H2,1H3. The molecule has 0 amide bonds. The normalized spacial score (nSPS) is 13.4. The minimum Gasteiger partial charge on any atom is -0.0645 e. The molecule has 0 unspecified atom stereocenters. The van der Waals surface area contributed by atoms with E-state index in [0.717, 1.165) is 6.42 Å². The summed E-state index contributed by atoms with van der Waals surface area (Å²) in [6, 6.07) is 27.0. The van der Waals surface area contributed by atoms with Crippen molar-refractivity contribution in [2.24, 2.45) is 0 Å². The first-order valence-corrected chi connectivity index (χ1v) is 8.41. The van der Waals surface area contributed by atoms with Crippen LogP contribution in [0, 0.1) is 0 Å². The molecule has 4 aromatic carbocycles. The third-order valence-electron chi connectivity index (χ3n) is 5.28. The molecule has 0 aliphatic heterocycles. The molecule has 0 atom stereocenters. The van der Waals surface area contributed by atoms with Crippen LogP contribution in [0.1, 0.15) is 30.4 Å². The lowest BCUT2D eigenvalue weighted by molar-refractivity contribution is 0.799. The molecule has 0 heteroatoms. The van der Waals surface area contributed by atoms with Crippen molar-refractivity contribution in [2.75, 3.05) is 0 Å². The van der Waals surface area contributed by atoms with Crippen LogP contribution in [-0.2, 0) is 0 Å². The fourth-order valence-electron chi connectivity index (χ4n) is 4.17. The van der Waals surface area contributed by atoms with E-state index in [4.69, 9.17) is 0 Å². The molecule has 5 rings (SSSR count). The Hall–Kier alpha value is -2.60. The Bertz CT molecular complexity index is 971. The highest BCUT2D eigenvalue weighted by Crippen LogP contribution is 2.48. The van der Waals surface area contributed by atoms with Crippen molar-refractivity contribution in [1.29, 1.82) is 0 Å². The third kappa shape index (κ3) is 1.78. The lowest BCUT2D eigenvalue weighted by atomic mass is 9.92. The van der Waals surface area contributed by atoms with E-state index in [-0.39, 0.29) is 0 Å². The van der Waals surface area contributed by atoms with E-state index in [1.54, 1.807) is 0 Å². The maximum Gasteiger partial charge on any atom is 0.00994 e. The van der Waals surface area contributed by atoms with Gasteiger partial charge in [-0.1, -0.05) is 55.5 Å². The molecule has 1 aliphatic rings. The molecule has 0 spiro atoms. The zero-order chi connectivity index (χ0) is 15.4. The molecule has 0 fully saturated rings. The summed E-state index contributed by atoms with van der Waals surface area (Å²) < 4.78 is 0. The van der Waals surface area contributed by atoms with Gasteiger partial charge >= 0.3 is 0 Å². The molecule has 4 aromatic rings. The molecule has 23 heavy (non-hydrogen) atoms. The van der Waals surface area contributed by atoms with Crippen molar-refractivity contribution in [3.8, 4) is 11.1 Å². The van der Waals surface area contributed by atoms with Crippen molar-refractivity contribution in [1.82, 2.24) is 0 Å². The summed E-state index contributed by atoms with van der Waals surface area (Å²) in [5, 5.41) is 5.37. The zero-order valence-electron chi connectivity index (χ0n) is 13.2. The molecule has 0 aromatic heterocycles. The van der Waals surface area contributed by atoms with E-state index in [9.17, 15) is 0 Å². The summed E-state index contributed by atoms with van der Waals surface area (Å²) in [7, 11) is 0. The van der Waals surface area contributed by atoms with Crippen molar-refractivity contribution < 1.29 is 0 Å². The number of rotatable bonds is 1. The lowest BCUT2D eigenvalue weighted by Gasteiger charge is -2.11. The minimum atomic E-state index is 0.522. The molecule has 0 bridgehead atoms. The van der Waals surface area contributed by atoms with E-state index in [0.29, 0.717) is 5.92 Å².